The number of piperidine rings is 1. The lowest BCUT2D eigenvalue weighted by Gasteiger charge is -2.32. The molecule has 1 fully saturated rings. The Kier molecular flexibility index (Phi) is 6.44. The molecule has 0 aliphatic carbocycles. The van der Waals surface area contributed by atoms with Gasteiger partial charge in [-0.25, -0.2) is 0 Å². The van der Waals surface area contributed by atoms with Crippen LogP contribution in [0.15, 0.2) is 46.9 Å². The molecule has 172 valence electrons. The number of anilines is 3. The largest absolute Gasteiger partial charge is 0.465 e. The van der Waals surface area contributed by atoms with E-state index in [2.05, 4.69) is 50.8 Å². The highest BCUT2D eigenvalue weighted by molar-refractivity contribution is 7.80. The normalized spacial score (nSPS) is 15.8. The van der Waals surface area contributed by atoms with E-state index in [-0.39, 0.29) is 0 Å². The Hall–Kier alpha value is -3.13. The SMILES string of the molecule is Cc1ccc(CNC(=S)Nc2nc(N3CCCCC3)cc(N3CCc4ccccc4C3)n2)o1. The van der Waals surface area contributed by atoms with Crippen LogP contribution in [-0.4, -0.2) is 34.7 Å². The summed E-state index contributed by atoms with van der Waals surface area (Å²) < 4.78 is 5.62. The zero-order chi connectivity index (χ0) is 22.6. The van der Waals surface area contributed by atoms with E-state index in [0.29, 0.717) is 17.6 Å². The van der Waals surface area contributed by atoms with Gasteiger partial charge in [-0.2, -0.15) is 9.97 Å². The molecule has 0 bridgehead atoms. The number of thiocarbonyl (C=S) groups is 1. The van der Waals surface area contributed by atoms with E-state index in [9.17, 15) is 0 Å². The Morgan fingerprint density at radius 3 is 2.48 bits per heavy atom. The summed E-state index contributed by atoms with van der Waals surface area (Å²) in [6.07, 6.45) is 4.69. The fourth-order valence-corrected chi connectivity index (χ4v) is 4.67. The second kappa shape index (κ2) is 9.79. The van der Waals surface area contributed by atoms with Gasteiger partial charge in [-0.15, -0.1) is 0 Å². The van der Waals surface area contributed by atoms with Crippen LogP contribution in [0.3, 0.4) is 0 Å². The molecule has 0 saturated carbocycles. The second-order valence-electron chi connectivity index (χ2n) is 8.72. The van der Waals surface area contributed by atoms with Crippen LogP contribution in [0.1, 0.15) is 41.9 Å². The molecule has 0 amide bonds. The maximum atomic E-state index is 5.62. The number of rotatable bonds is 5. The van der Waals surface area contributed by atoms with E-state index in [1.54, 1.807) is 0 Å². The van der Waals surface area contributed by atoms with Gasteiger partial charge in [0, 0.05) is 32.2 Å². The maximum Gasteiger partial charge on any atom is 0.232 e. The van der Waals surface area contributed by atoms with Crippen molar-refractivity contribution in [2.24, 2.45) is 0 Å². The number of nitrogens with one attached hydrogen (secondary N) is 2. The molecule has 0 atom stereocenters. The third-order valence-corrected chi connectivity index (χ3v) is 6.52. The van der Waals surface area contributed by atoms with Gasteiger partial charge in [0.2, 0.25) is 5.95 Å². The summed E-state index contributed by atoms with van der Waals surface area (Å²) in [5.41, 5.74) is 2.79. The minimum absolute atomic E-state index is 0.481. The van der Waals surface area contributed by atoms with Crippen molar-refractivity contribution in [2.45, 2.75) is 45.7 Å². The van der Waals surface area contributed by atoms with Gasteiger partial charge >= 0.3 is 0 Å². The highest BCUT2D eigenvalue weighted by atomic mass is 32.1. The average Bonchev–Trinajstić information content (AvgIpc) is 3.28. The molecule has 2 aliphatic heterocycles. The summed E-state index contributed by atoms with van der Waals surface area (Å²) in [4.78, 5) is 14.4. The quantitative estimate of drug-likeness (QED) is 0.540. The van der Waals surface area contributed by atoms with E-state index >= 15 is 0 Å². The van der Waals surface area contributed by atoms with Crippen molar-refractivity contribution in [1.29, 1.82) is 0 Å². The summed E-state index contributed by atoms with van der Waals surface area (Å²) in [6, 6.07) is 14.7. The first-order chi connectivity index (χ1) is 16.1. The van der Waals surface area contributed by atoms with E-state index in [4.69, 9.17) is 26.6 Å². The van der Waals surface area contributed by atoms with Crippen LogP contribution in [-0.2, 0) is 19.5 Å². The lowest BCUT2D eigenvalue weighted by Crippen LogP contribution is -2.34. The Bertz CT molecular complexity index is 1120. The first-order valence-electron chi connectivity index (χ1n) is 11.7. The predicted octanol–water partition coefficient (Wildman–Crippen LogP) is 4.42. The van der Waals surface area contributed by atoms with Crippen molar-refractivity contribution in [1.82, 2.24) is 15.3 Å². The van der Waals surface area contributed by atoms with Gasteiger partial charge in [0.25, 0.3) is 0 Å². The number of hydrogen-bond acceptors (Lipinski definition) is 6. The van der Waals surface area contributed by atoms with E-state index < -0.39 is 0 Å². The molecule has 7 nitrogen and oxygen atoms in total. The van der Waals surface area contributed by atoms with Crippen LogP contribution in [0.5, 0.6) is 0 Å². The molecular weight excluding hydrogens is 432 g/mol. The van der Waals surface area contributed by atoms with Crippen molar-refractivity contribution in [3.05, 3.63) is 65.1 Å². The molecule has 2 aromatic heterocycles. The number of furan rings is 1. The van der Waals surface area contributed by atoms with Crippen molar-refractivity contribution < 1.29 is 4.42 Å². The predicted molar refractivity (Wildman–Crippen MR) is 136 cm³/mol. The topological polar surface area (TPSA) is 69.5 Å². The van der Waals surface area contributed by atoms with Crippen LogP contribution < -0.4 is 20.4 Å². The molecule has 3 aromatic rings. The lowest BCUT2D eigenvalue weighted by atomic mass is 10.00. The summed E-state index contributed by atoms with van der Waals surface area (Å²) in [6.45, 7) is 6.29. The molecule has 0 spiro atoms. The highest BCUT2D eigenvalue weighted by Crippen LogP contribution is 2.28. The summed E-state index contributed by atoms with van der Waals surface area (Å²) >= 11 is 5.52. The van der Waals surface area contributed by atoms with Gasteiger partial charge in [-0.3, -0.25) is 0 Å². The number of benzene rings is 1. The van der Waals surface area contributed by atoms with Gasteiger partial charge in [-0.05, 0) is 68.1 Å². The number of hydrogen-bond donors (Lipinski definition) is 2. The van der Waals surface area contributed by atoms with Crippen molar-refractivity contribution in [3.8, 4) is 0 Å². The van der Waals surface area contributed by atoms with Crippen LogP contribution in [0.4, 0.5) is 17.6 Å². The maximum absolute atomic E-state index is 5.62. The second-order valence-corrected chi connectivity index (χ2v) is 9.12. The van der Waals surface area contributed by atoms with Gasteiger partial charge in [0.1, 0.15) is 23.2 Å². The van der Waals surface area contributed by atoms with Crippen molar-refractivity contribution in [2.75, 3.05) is 34.8 Å². The number of aromatic nitrogens is 2. The number of nitrogens with zero attached hydrogens (tertiary/aromatic N) is 4. The molecule has 1 aromatic carbocycles. The molecule has 5 rings (SSSR count). The number of fused-ring (bicyclic) bond motifs is 1. The lowest BCUT2D eigenvalue weighted by molar-refractivity contribution is 0.478. The average molecular weight is 463 g/mol. The van der Waals surface area contributed by atoms with Gasteiger partial charge in [0.05, 0.1) is 6.54 Å². The van der Waals surface area contributed by atoms with Crippen molar-refractivity contribution in [3.63, 3.8) is 0 Å². The Labute approximate surface area is 200 Å². The van der Waals surface area contributed by atoms with Crippen molar-refractivity contribution >= 4 is 34.9 Å². The highest BCUT2D eigenvalue weighted by Gasteiger charge is 2.21. The molecule has 33 heavy (non-hydrogen) atoms. The fourth-order valence-electron chi connectivity index (χ4n) is 4.51. The Balaban J connectivity index is 1.35. The first kappa shape index (κ1) is 21.7. The zero-order valence-corrected chi connectivity index (χ0v) is 19.8. The molecule has 0 unspecified atom stereocenters. The molecule has 1 saturated heterocycles. The van der Waals surface area contributed by atoms with Crippen LogP contribution >= 0.6 is 12.2 Å². The molecule has 0 radical (unpaired) electrons. The standard InChI is InChI=1S/C25H30N6OS/c1-18-9-10-21(32-18)16-26-25(33)29-24-27-22(30-12-5-2-6-13-30)15-23(28-24)31-14-11-19-7-3-4-8-20(19)17-31/h3-4,7-10,15H,2,5-6,11-14,16-17H2,1H3,(H2,26,27,28,29,33). The van der Waals surface area contributed by atoms with Crippen LogP contribution in [0.25, 0.3) is 0 Å². The van der Waals surface area contributed by atoms with Gasteiger partial charge in [0.15, 0.2) is 5.11 Å². The minimum atomic E-state index is 0.481. The number of aryl methyl sites for hydroxylation is 1. The fraction of sp³-hybridized carbons (Fsp3) is 0.400. The smallest absolute Gasteiger partial charge is 0.232 e. The minimum Gasteiger partial charge on any atom is -0.465 e. The first-order valence-corrected chi connectivity index (χ1v) is 12.1. The Morgan fingerprint density at radius 2 is 1.73 bits per heavy atom. The van der Waals surface area contributed by atoms with Crippen LogP contribution in [0, 0.1) is 6.92 Å². The van der Waals surface area contributed by atoms with E-state index in [0.717, 1.165) is 55.8 Å². The molecular formula is C25H30N6OS. The summed E-state index contributed by atoms with van der Waals surface area (Å²) in [5, 5.41) is 6.87. The summed E-state index contributed by atoms with van der Waals surface area (Å²) in [7, 11) is 0. The molecule has 4 heterocycles. The summed E-state index contributed by atoms with van der Waals surface area (Å²) in [5.74, 6) is 4.15. The molecule has 2 aliphatic rings. The zero-order valence-electron chi connectivity index (χ0n) is 19.0. The Morgan fingerprint density at radius 1 is 0.970 bits per heavy atom. The monoisotopic (exact) mass is 462 g/mol. The third-order valence-electron chi connectivity index (χ3n) is 6.28. The van der Waals surface area contributed by atoms with Gasteiger partial charge in [-0.1, -0.05) is 24.3 Å². The van der Waals surface area contributed by atoms with Crippen LogP contribution in [0.2, 0.25) is 0 Å². The third kappa shape index (κ3) is 5.27. The molecule has 8 heteroatoms. The van der Waals surface area contributed by atoms with Gasteiger partial charge < -0.3 is 24.9 Å². The van der Waals surface area contributed by atoms with E-state index in [1.165, 1.54) is 30.4 Å². The van der Waals surface area contributed by atoms with E-state index in [1.807, 2.05) is 19.1 Å². The molecule has 2 N–H and O–H groups in total.